The summed E-state index contributed by atoms with van der Waals surface area (Å²) in [6.07, 6.45) is 2.95. The van der Waals surface area contributed by atoms with Crippen molar-refractivity contribution in [3.63, 3.8) is 0 Å². The standard InChI is InChI=1S/C22H20FNO3/c1-27-20-10-7-16-5-6-17(12-18(16)13-20)21(14-25)24-22(26)11-4-15-2-8-19(23)9-3-15/h2-13,21,25H,14H2,1H3,(H,24,26)/b11-4+. The fraction of sp³-hybridized carbons (Fsp3) is 0.136. The Morgan fingerprint density at radius 2 is 1.85 bits per heavy atom. The molecule has 3 rings (SSSR count). The number of nitrogens with one attached hydrogen (secondary N) is 1. The minimum absolute atomic E-state index is 0.231. The van der Waals surface area contributed by atoms with Gasteiger partial charge in [0.25, 0.3) is 0 Å². The molecule has 0 bridgehead atoms. The Morgan fingerprint density at radius 1 is 1.11 bits per heavy atom. The Bertz CT molecular complexity index is 967. The Labute approximate surface area is 156 Å². The number of aliphatic hydroxyl groups is 1. The molecule has 0 aliphatic rings. The highest BCUT2D eigenvalue weighted by molar-refractivity contribution is 5.92. The molecule has 0 saturated carbocycles. The smallest absolute Gasteiger partial charge is 0.244 e. The molecule has 0 aromatic heterocycles. The Kier molecular flexibility index (Phi) is 5.84. The van der Waals surface area contributed by atoms with Gasteiger partial charge in [-0.05, 0) is 58.3 Å². The molecule has 27 heavy (non-hydrogen) atoms. The quantitative estimate of drug-likeness (QED) is 0.653. The lowest BCUT2D eigenvalue weighted by atomic mass is 10.0. The number of benzene rings is 3. The van der Waals surface area contributed by atoms with Gasteiger partial charge >= 0.3 is 0 Å². The Balaban J connectivity index is 1.75. The first kappa shape index (κ1) is 18.6. The van der Waals surface area contributed by atoms with Gasteiger partial charge in [-0.3, -0.25) is 4.79 Å². The fourth-order valence-electron chi connectivity index (χ4n) is 2.79. The molecular formula is C22H20FNO3. The molecule has 1 unspecified atom stereocenters. The summed E-state index contributed by atoms with van der Waals surface area (Å²) in [6, 6.07) is 16.8. The molecule has 0 aliphatic carbocycles. The van der Waals surface area contributed by atoms with Crippen LogP contribution in [0.3, 0.4) is 0 Å². The molecule has 5 heteroatoms. The molecule has 138 valence electrons. The van der Waals surface area contributed by atoms with E-state index in [1.807, 2.05) is 36.4 Å². The van der Waals surface area contributed by atoms with Gasteiger partial charge in [0, 0.05) is 6.08 Å². The number of carbonyl (C=O) groups excluding carboxylic acids is 1. The van der Waals surface area contributed by atoms with Gasteiger partial charge in [0.05, 0.1) is 19.8 Å². The third-order valence-corrected chi connectivity index (χ3v) is 4.27. The number of amides is 1. The van der Waals surface area contributed by atoms with Crippen LogP contribution in [0.2, 0.25) is 0 Å². The maximum Gasteiger partial charge on any atom is 0.244 e. The second-order valence-electron chi connectivity index (χ2n) is 6.10. The number of fused-ring (bicyclic) bond motifs is 1. The predicted molar refractivity (Wildman–Crippen MR) is 104 cm³/mol. The lowest BCUT2D eigenvalue weighted by Gasteiger charge is -2.16. The molecule has 2 N–H and O–H groups in total. The van der Waals surface area contributed by atoms with Crippen molar-refractivity contribution in [2.45, 2.75) is 6.04 Å². The summed E-state index contributed by atoms with van der Waals surface area (Å²) in [5, 5.41) is 14.5. The van der Waals surface area contributed by atoms with Crippen LogP contribution in [0.4, 0.5) is 4.39 Å². The second-order valence-corrected chi connectivity index (χ2v) is 6.10. The number of ether oxygens (including phenoxy) is 1. The van der Waals surface area contributed by atoms with Crippen molar-refractivity contribution < 1.29 is 19.0 Å². The fourth-order valence-corrected chi connectivity index (χ4v) is 2.79. The van der Waals surface area contributed by atoms with Crippen LogP contribution < -0.4 is 10.1 Å². The lowest BCUT2D eigenvalue weighted by molar-refractivity contribution is -0.117. The Hall–Kier alpha value is -3.18. The summed E-state index contributed by atoms with van der Waals surface area (Å²) >= 11 is 0. The van der Waals surface area contributed by atoms with Crippen LogP contribution in [0.25, 0.3) is 16.8 Å². The van der Waals surface area contributed by atoms with E-state index in [9.17, 15) is 14.3 Å². The monoisotopic (exact) mass is 365 g/mol. The molecule has 1 amide bonds. The number of hydrogen-bond donors (Lipinski definition) is 2. The average Bonchev–Trinajstić information content (AvgIpc) is 2.70. The zero-order valence-electron chi connectivity index (χ0n) is 14.9. The van der Waals surface area contributed by atoms with Crippen molar-refractivity contribution >= 4 is 22.8 Å². The summed E-state index contributed by atoms with van der Waals surface area (Å²) in [5.41, 5.74) is 1.51. The van der Waals surface area contributed by atoms with Crippen LogP contribution in [0.15, 0.2) is 66.7 Å². The van der Waals surface area contributed by atoms with Gasteiger partial charge in [-0.2, -0.15) is 0 Å². The maximum absolute atomic E-state index is 12.9. The molecule has 0 radical (unpaired) electrons. The minimum atomic E-state index is -0.536. The van der Waals surface area contributed by atoms with Gasteiger partial charge in [-0.1, -0.05) is 30.3 Å². The van der Waals surface area contributed by atoms with E-state index in [1.54, 1.807) is 25.3 Å². The molecule has 3 aromatic rings. The van der Waals surface area contributed by atoms with Gasteiger partial charge in [0.15, 0.2) is 0 Å². The van der Waals surface area contributed by atoms with E-state index in [1.165, 1.54) is 18.2 Å². The first-order valence-electron chi connectivity index (χ1n) is 8.52. The van der Waals surface area contributed by atoms with Gasteiger partial charge < -0.3 is 15.2 Å². The number of methoxy groups -OCH3 is 1. The molecule has 0 spiro atoms. The zero-order valence-corrected chi connectivity index (χ0v) is 14.9. The minimum Gasteiger partial charge on any atom is -0.497 e. The van der Waals surface area contributed by atoms with E-state index in [2.05, 4.69) is 5.32 Å². The molecular weight excluding hydrogens is 345 g/mol. The summed E-state index contributed by atoms with van der Waals surface area (Å²) < 4.78 is 18.2. The number of rotatable bonds is 6. The highest BCUT2D eigenvalue weighted by Crippen LogP contribution is 2.24. The van der Waals surface area contributed by atoms with Crippen LogP contribution >= 0.6 is 0 Å². The van der Waals surface area contributed by atoms with E-state index in [4.69, 9.17) is 4.74 Å². The highest BCUT2D eigenvalue weighted by Gasteiger charge is 2.13. The van der Waals surface area contributed by atoms with E-state index in [-0.39, 0.29) is 18.3 Å². The van der Waals surface area contributed by atoms with Crippen LogP contribution in [0.5, 0.6) is 5.75 Å². The lowest BCUT2D eigenvalue weighted by Crippen LogP contribution is -2.29. The summed E-state index contributed by atoms with van der Waals surface area (Å²) in [5.74, 6) is 0.0699. The topological polar surface area (TPSA) is 58.6 Å². The third kappa shape index (κ3) is 4.71. The Morgan fingerprint density at radius 3 is 2.56 bits per heavy atom. The normalized spacial score (nSPS) is 12.3. The molecule has 0 aliphatic heterocycles. The van der Waals surface area contributed by atoms with Crippen molar-refractivity contribution in [1.82, 2.24) is 5.32 Å². The van der Waals surface area contributed by atoms with Crippen LogP contribution in [0.1, 0.15) is 17.2 Å². The SMILES string of the molecule is COc1ccc2ccc(C(CO)NC(=O)/C=C/c3ccc(F)cc3)cc2c1. The van der Waals surface area contributed by atoms with Crippen LogP contribution in [-0.2, 0) is 4.79 Å². The average molecular weight is 365 g/mol. The predicted octanol–water partition coefficient (Wildman–Crippen LogP) is 3.85. The first-order valence-corrected chi connectivity index (χ1v) is 8.52. The van der Waals surface area contributed by atoms with Crippen molar-refractivity contribution in [3.8, 4) is 5.75 Å². The molecule has 1 atom stereocenters. The van der Waals surface area contributed by atoms with E-state index in [0.29, 0.717) is 5.56 Å². The molecule has 0 fully saturated rings. The van der Waals surface area contributed by atoms with E-state index < -0.39 is 6.04 Å². The summed E-state index contributed by atoms with van der Waals surface area (Å²) in [6.45, 7) is -0.231. The molecule has 0 saturated heterocycles. The zero-order chi connectivity index (χ0) is 19.2. The summed E-state index contributed by atoms with van der Waals surface area (Å²) in [7, 11) is 1.61. The first-order chi connectivity index (χ1) is 13.1. The number of carbonyl (C=O) groups is 1. The molecule has 0 heterocycles. The molecule has 3 aromatic carbocycles. The van der Waals surface area contributed by atoms with Crippen molar-refractivity contribution in [2.75, 3.05) is 13.7 Å². The van der Waals surface area contributed by atoms with Gasteiger partial charge in [0.1, 0.15) is 11.6 Å². The van der Waals surface area contributed by atoms with E-state index in [0.717, 1.165) is 22.1 Å². The van der Waals surface area contributed by atoms with Crippen LogP contribution in [0, 0.1) is 5.82 Å². The number of aliphatic hydroxyl groups excluding tert-OH is 1. The highest BCUT2D eigenvalue weighted by atomic mass is 19.1. The number of hydrogen-bond acceptors (Lipinski definition) is 3. The second kappa shape index (κ2) is 8.47. The van der Waals surface area contributed by atoms with Crippen molar-refractivity contribution in [1.29, 1.82) is 0 Å². The number of halogens is 1. The van der Waals surface area contributed by atoms with Crippen molar-refractivity contribution in [3.05, 3.63) is 83.7 Å². The van der Waals surface area contributed by atoms with Gasteiger partial charge in [-0.25, -0.2) is 4.39 Å². The van der Waals surface area contributed by atoms with E-state index >= 15 is 0 Å². The third-order valence-electron chi connectivity index (χ3n) is 4.27. The van der Waals surface area contributed by atoms with Gasteiger partial charge in [0.2, 0.25) is 5.91 Å². The van der Waals surface area contributed by atoms with Gasteiger partial charge in [-0.15, -0.1) is 0 Å². The summed E-state index contributed by atoms with van der Waals surface area (Å²) in [4.78, 5) is 12.2. The largest absolute Gasteiger partial charge is 0.497 e. The van der Waals surface area contributed by atoms with Crippen molar-refractivity contribution in [2.24, 2.45) is 0 Å². The van der Waals surface area contributed by atoms with Crippen LogP contribution in [-0.4, -0.2) is 24.7 Å². The molecule has 4 nitrogen and oxygen atoms in total. The maximum atomic E-state index is 12.9.